The molecular weight excluding hydrogens is 266 g/mol. The Morgan fingerprint density at radius 3 is 2.57 bits per heavy atom. The van der Waals surface area contributed by atoms with Crippen molar-refractivity contribution in [3.8, 4) is 5.75 Å². The number of aryl methyl sites for hydroxylation is 1. The van der Waals surface area contributed by atoms with Gasteiger partial charge in [0.05, 0.1) is 19.3 Å². The lowest BCUT2D eigenvalue weighted by atomic mass is 10.0. The first kappa shape index (κ1) is 17.7. The van der Waals surface area contributed by atoms with Gasteiger partial charge in [-0.15, -0.1) is 0 Å². The minimum absolute atomic E-state index is 0.102. The second-order valence-corrected chi connectivity index (χ2v) is 5.50. The third kappa shape index (κ3) is 5.86. The van der Waals surface area contributed by atoms with Gasteiger partial charge in [0.1, 0.15) is 5.75 Å². The SMILES string of the molecule is COc1ccc(C(=O)C(C)NCCCOC(C)C)cc1C. The zero-order valence-electron chi connectivity index (χ0n) is 13.7. The molecule has 0 radical (unpaired) electrons. The van der Waals surface area contributed by atoms with E-state index in [0.717, 1.165) is 24.3 Å². The van der Waals surface area contributed by atoms with Gasteiger partial charge in [-0.05, 0) is 64.4 Å². The van der Waals surface area contributed by atoms with Crippen LogP contribution in [0.15, 0.2) is 18.2 Å². The average Bonchev–Trinajstić information content (AvgIpc) is 2.45. The van der Waals surface area contributed by atoms with Crippen LogP contribution in [-0.4, -0.2) is 38.2 Å². The summed E-state index contributed by atoms with van der Waals surface area (Å²) >= 11 is 0. The first-order valence-electron chi connectivity index (χ1n) is 7.49. The maximum absolute atomic E-state index is 12.3. The van der Waals surface area contributed by atoms with E-state index in [1.807, 2.05) is 45.9 Å². The van der Waals surface area contributed by atoms with Crippen LogP contribution >= 0.6 is 0 Å². The summed E-state index contributed by atoms with van der Waals surface area (Å²) < 4.78 is 10.7. The predicted octanol–water partition coefficient (Wildman–Crippen LogP) is 2.98. The topological polar surface area (TPSA) is 47.6 Å². The van der Waals surface area contributed by atoms with Crippen molar-refractivity contribution < 1.29 is 14.3 Å². The van der Waals surface area contributed by atoms with Crippen molar-refractivity contribution >= 4 is 5.78 Å². The Labute approximate surface area is 127 Å². The fraction of sp³-hybridized carbons (Fsp3) is 0.588. The number of rotatable bonds is 9. The largest absolute Gasteiger partial charge is 0.496 e. The summed E-state index contributed by atoms with van der Waals surface area (Å²) in [4.78, 5) is 12.3. The number of ketones is 1. The minimum Gasteiger partial charge on any atom is -0.496 e. The van der Waals surface area contributed by atoms with E-state index in [2.05, 4.69) is 5.32 Å². The van der Waals surface area contributed by atoms with E-state index < -0.39 is 0 Å². The van der Waals surface area contributed by atoms with Gasteiger partial charge in [0.25, 0.3) is 0 Å². The molecule has 1 atom stereocenters. The lowest BCUT2D eigenvalue weighted by molar-refractivity contribution is 0.0760. The molecule has 4 heteroatoms. The summed E-state index contributed by atoms with van der Waals surface area (Å²) in [5.74, 6) is 0.906. The van der Waals surface area contributed by atoms with Crippen molar-refractivity contribution in [2.45, 2.75) is 46.3 Å². The Hall–Kier alpha value is -1.39. The van der Waals surface area contributed by atoms with Gasteiger partial charge in [-0.1, -0.05) is 0 Å². The summed E-state index contributed by atoms with van der Waals surface area (Å²) in [6, 6.07) is 5.33. The Morgan fingerprint density at radius 1 is 1.29 bits per heavy atom. The fourth-order valence-electron chi connectivity index (χ4n) is 2.08. The minimum atomic E-state index is -0.197. The van der Waals surface area contributed by atoms with Crippen LogP contribution in [0.4, 0.5) is 0 Å². The number of benzene rings is 1. The maximum atomic E-state index is 12.3. The average molecular weight is 293 g/mol. The summed E-state index contributed by atoms with van der Waals surface area (Å²) in [6.45, 7) is 9.36. The van der Waals surface area contributed by atoms with Crippen molar-refractivity contribution in [1.82, 2.24) is 5.32 Å². The van der Waals surface area contributed by atoms with E-state index >= 15 is 0 Å². The highest BCUT2D eigenvalue weighted by Crippen LogP contribution is 2.19. The summed E-state index contributed by atoms with van der Waals surface area (Å²) in [7, 11) is 1.63. The Balaban J connectivity index is 2.45. The molecule has 0 aliphatic carbocycles. The van der Waals surface area contributed by atoms with Gasteiger partial charge in [-0.25, -0.2) is 0 Å². The molecule has 118 valence electrons. The van der Waals surface area contributed by atoms with Crippen molar-refractivity contribution in [3.05, 3.63) is 29.3 Å². The molecule has 1 rings (SSSR count). The molecule has 0 aliphatic rings. The van der Waals surface area contributed by atoms with Crippen LogP contribution in [-0.2, 0) is 4.74 Å². The summed E-state index contributed by atoms with van der Waals surface area (Å²) in [6.07, 6.45) is 1.16. The number of carbonyl (C=O) groups excluding carboxylic acids is 1. The second-order valence-electron chi connectivity index (χ2n) is 5.50. The molecule has 0 aromatic heterocycles. The highest BCUT2D eigenvalue weighted by atomic mass is 16.5. The van der Waals surface area contributed by atoms with Crippen molar-refractivity contribution in [3.63, 3.8) is 0 Å². The van der Waals surface area contributed by atoms with Crippen LogP contribution < -0.4 is 10.1 Å². The normalized spacial score (nSPS) is 12.5. The molecule has 21 heavy (non-hydrogen) atoms. The lowest BCUT2D eigenvalue weighted by Crippen LogP contribution is -2.35. The number of nitrogens with one attached hydrogen (secondary N) is 1. The molecule has 0 saturated heterocycles. The molecule has 0 heterocycles. The number of ether oxygens (including phenoxy) is 2. The van der Waals surface area contributed by atoms with Crippen LogP contribution in [0.25, 0.3) is 0 Å². The monoisotopic (exact) mass is 293 g/mol. The molecule has 0 fully saturated rings. The van der Waals surface area contributed by atoms with Crippen molar-refractivity contribution in [1.29, 1.82) is 0 Å². The molecule has 4 nitrogen and oxygen atoms in total. The standard InChI is InChI=1S/C17H27NO3/c1-12(2)21-10-6-9-18-14(4)17(19)15-7-8-16(20-5)13(3)11-15/h7-8,11-12,14,18H,6,9-10H2,1-5H3. The molecule has 0 aliphatic heterocycles. The molecule has 0 saturated carbocycles. The Morgan fingerprint density at radius 2 is 2.00 bits per heavy atom. The molecule has 1 unspecified atom stereocenters. The Bertz CT molecular complexity index is 457. The number of hydrogen-bond donors (Lipinski definition) is 1. The smallest absolute Gasteiger partial charge is 0.179 e. The van der Waals surface area contributed by atoms with Gasteiger partial charge < -0.3 is 14.8 Å². The summed E-state index contributed by atoms with van der Waals surface area (Å²) in [5, 5.41) is 3.24. The molecule has 0 spiro atoms. The van der Waals surface area contributed by atoms with Crippen LogP contribution in [0.3, 0.4) is 0 Å². The quantitative estimate of drug-likeness (QED) is 0.562. The maximum Gasteiger partial charge on any atom is 0.179 e. The van der Waals surface area contributed by atoms with Crippen LogP contribution in [0.1, 0.15) is 43.1 Å². The molecule has 0 bridgehead atoms. The predicted molar refractivity (Wildman–Crippen MR) is 85.2 cm³/mol. The van der Waals surface area contributed by atoms with Gasteiger partial charge in [-0.2, -0.15) is 0 Å². The first-order valence-corrected chi connectivity index (χ1v) is 7.49. The first-order chi connectivity index (χ1) is 9.95. The van der Waals surface area contributed by atoms with Gasteiger partial charge in [0.2, 0.25) is 0 Å². The van der Waals surface area contributed by atoms with Gasteiger partial charge in [0.15, 0.2) is 5.78 Å². The third-order valence-electron chi connectivity index (χ3n) is 3.30. The number of hydrogen-bond acceptors (Lipinski definition) is 4. The van der Waals surface area contributed by atoms with E-state index in [9.17, 15) is 4.79 Å². The van der Waals surface area contributed by atoms with Gasteiger partial charge >= 0.3 is 0 Å². The van der Waals surface area contributed by atoms with E-state index in [-0.39, 0.29) is 17.9 Å². The van der Waals surface area contributed by atoms with E-state index in [1.54, 1.807) is 7.11 Å². The van der Waals surface area contributed by atoms with Crippen molar-refractivity contribution in [2.75, 3.05) is 20.3 Å². The van der Waals surface area contributed by atoms with Gasteiger partial charge in [-0.3, -0.25) is 4.79 Å². The molecule has 0 amide bonds. The lowest BCUT2D eigenvalue weighted by Gasteiger charge is -2.14. The van der Waals surface area contributed by atoms with Crippen LogP contribution in [0.5, 0.6) is 5.75 Å². The third-order valence-corrected chi connectivity index (χ3v) is 3.30. The molecule has 1 aromatic rings. The van der Waals surface area contributed by atoms with E-state index in [0.29, 0.717) is 12.2 Å². The second kappa shape index (κ2) is 8.80. The molecular formula is C17H27NO3. The van der Waals surface area contributed by atoms with Gasteiger partial charge in [0, 0.05) is 12.2 Å². The highest BCUT2D eigenvalue weighted by molar-refractivity contribution is 6.00. The molecule has 1 aromatic carbocycles. The zero-order valence-corrected chi connectivity index (χ0v) is 13.7. The summed E-state index contributed by atoms with van der Waals surface area (Å²) in [5.41, 5.74) is 1.69. The Kier molecular flexibility index (Phi) is 7.40. The zero-order chi connectivity index (χ0) is 15.8. The van der Waals surface area contributed by atoms with Crippen LogP contribution in [0.2, 0.25) is 0 Å². The number of methoxy groups -OCH3 is 1. The van der Waals surface area contributed by atoms with Crippen LogP contribution in [0, 0.1) is 6.92 Å². The van der Waals surface area contributed by atoms with Crippen molar-refractivity contribution in [2.24, 2.45) is 0 Å². The molecule has 1 N–H and O–H groups in total. The van der Waals surface area contributed by atoms with E-state index in [1.165, 1.54) is 0 Å². The fourth-order valence-corrected chi connectivity index (χ4v) is 2.08. The highest BCUT2D eigenvalue weighted by Gasteiger charge is 2.15. The number of carbonyl (C=O) groups is 1. The number of Topliss-reactive ketones (excluding diaryl/α,β-unsaturated/α-hetero) is 1. The van der Waals surface area contributed by atoms with E-state index in [4.69, 9.17) is 9.47 Å².